The Bertz CT molecular complexity index is 983. The van der Waals surface area contributed by atoms with Gasteiger partial charge in [0.05, 0.1) is 0 Å². The van der Waals surface area contributed by atoms with E-state index in [0.29, 0.717) is 31.1 Å². The molecule has 0 aliphatic heterocycles. The van der Waals surface area contributed by atoms with Crippen LogP contribution >= 0.6 is 0 Å². The average Bonchev–Trinajstić information content (AvgIpc) is 3.67. The Balaban J connectivity index is 1.37. The third-order valence-electron chi connectivity index (χ3n) is 6.42. The molecule has 1 unspecified atom stereocenters. The summed E-state index contributed by atoms with van der Waals surface area (Å²) in [5, 5.41) is 3.36. The number of benzene rings is 1. The van der Waals surface area contributed by atoms with Crippen molar-refractivity contribution in [3.05, 3.63) is 65.5 Å². The van der Waals surface area contributed by atoms with E-state index in [1.807, 2.05) is 43.9 Å². The molecule has 8 heteroatoms. The minimum atomic E-state index is -4.43. The van der Waals surface area contributed by atoms with Crippen LogP contribution in [0.15, 0.2) is 48.7 Å². The number of rotatable bonds is 8. The fraction of sp³-hybridized carbons (Fsp3) is 0.538. The molecule has 0 saturated heterocycles. The van der Waals surface area contributed by atoms with E-state index < -0.39 is 17.5 Å². The predicted octanol–water partition coefficient (Wildman–Crippen LogP) is 5.76. The first-order valence-electron chi connectivity index (χ1n) is 11.7. The molecule has 2 saturated carbocycles. The van der Waals surface area contributed by atoms with Crippen LogP contribution in [-0.4, -0.2) is 40.7 Å². The topological polar surface area (TPSA) is 54.5 Å². The molecule has 4 rings (SSSR count). The van der Waals surface area contributed by atoms with Crippen molar-refractivity contribution in [3.8, 4) is 0 Å². The van der Waals surface area contributed by atoms with Gasteiger partial charge in [-0.3, -0.25) is 4.98 Å². The van der Waals surface area contributed by atoms with Crippen LogP contribution in [0.25, 0.3) is 0 Å². The molecule has 1 heterocycles. The minimum absolute atomic E-state index is 0.0416. The number of halogens is 3. The van der Waals surface area contributed by atoms with Crippen molar-refractivity contribution in [2.75, 3.05) is 13.1 Å². The second kappa shape index (κ2) is 9.21. The average molecular weight is 476 g/mol. The van der Waals surface area contributed by atoms with E-state index >= 15 is 0 Å². The van der Waals surface area contributed by atoms with E-state index in [0.717, 1.165) is 25.3 Å². The lowest BCUT2D eigenvalue weighted by molar-refractivity contribution is -0.141. The maximum atomic E-state index is 13.1. The van der Waals surface area contributed by atoms with Gasteiger partial charge in [-0.05, 0) is 57.2 Å². The van der Waals surface area contributed by atoms with E-state index in [-0.39, 0.29) is 17.6 Å². The van der Waals surface area contributed by atoms with Gasteiger partial charge in [0.2, 0.25) is 0 Å². The first kappa shape index (κ1) is 24.5. The molecule has 34 heavy (non-hydrogen) atoms. The van der Waals surface area contributed by atoms with Gasteiger partial charge in [-0.1, -0.05) is 36.4 Å². The van der Waals surface area contributed by atoms with Crippen molar-refractivity contribution in [3.63, 3.8) is 0 Å². The zero-order valence-electron chi connectivity index (χ0n) is 19.9. The highest BCUT2D eigenvalue weighted by atomic mass is 19.4. The Labute approximate surface area is 198 Å². The van der Waals surface area contributed by atoms with Crippen LogP contribution in [0.1, 0.15) is 62.8 Å². The Kier molecular flexibility index (Phi) is 6.64. The second-order valence-corrected chi connectivity index (χ2v) is 10.6. The van der Waals surface area contributed by atoms with Gasteiger partial charge in [-0.2, -0.15) is 13.2 Å². The van der Waals surface area contributed by atoms with Gasteiger partial charge in [0.25, 0.3) is 0 Å². The molecule has 0 bridgehead atoms. The van der Waals surface area contributed by atoms with Gasteiger partial charge in [0.15, 0.2) is 0 Å². The monoisotopic (exact) mass is 475 g/mol. The largest absolute Gasteiger partial charge is 0.444 e. The van der Waals surface area contributed by atoms with Crippen LogP contribution in [0.4, 0.5) is 18.0 Å². The first-order chi connectivity index (χ1) is 16.0. The summed E-state index contributed by atoms with van der Waals surface area (Å²) in [6.07, 6.45) is -0.550. The van der Waals surface area contributed by atoms with Crippen LogP contribution in [0.5, 0.6) is 0 Å². The number of aromatic nitrogens is 1. The Morgan fingerprint density at radius 1 is 1.15 bits per heavy atom. The number of pyridine rings is 1. The number of ether oxygens (including phenoxy) is 1. The molecule has 184 valence electrons. The molecule has 2 aliphatic rings. The summed E-state index contributed by atoms with van der Waals surface area (Å²) in [6, 6.07) is 12.8. The zero-order valence-corrected chi connectivity index (χ0v) is 19.9. The standard InChI is InChI=1S/C26H32F3N3O2/c1-24(2,3)34-23(33)32(21-13-20(21)19-7-5-4-6-8-19)17-25(11-12-25)16-30-14-18-9-10-22(31-15-18)26(27,28)29/h4-10,15,20-21,30H,11-14,16-17H2,1-3H3/t20?,21-/m0/s1. The Morgan fingerprint density at radius 2 is 1.85 bits per heavy atom. The van der Waals surface area contributed by atoms with Gasteiger partial charge in [0, 0.05) is 43.2 Å². The van der Waals surface area contributed by atoms with Crippen LogP contribution < -0.4 is 5.32 Å². The third kappa shape index (κ3) is 6.29. The highest BCUT2D eigenvalue weighted by molar-refractivity contribution is 5.69. The van der Waals surface area contributed by atoms with Crippen LogP contribution in [0, 0.1) is 5.41 Å². The molecular formula is C26H32F3N3O2. The summed E-state index contributed by atoms with van der Waals surface area (Å²) >= 11 is 0. The van der Waals surface area contributed by atoms with Gasteiger partial charge in [-0.15, -0.1) is 0 Å². The number of hydrogen-bond acceptors (Lipinski definition) is 4. The maximum Gasteiger partial charge on any atom is 0.433 e. The molecule has 1 aromatic carbocycles. The lowest BCUT2D eigenvalue weighted by Gasteiger charge is -2.31. The lowest BCUT2D eigenvalue weighted by Crippen LogP contribution is -2.44. The Hall–Kier alpha value is -2.61. The van der Waals surface area contributed by atoms with E-state index in [1.54, 1.807) is 0 Å². The number of nitrogens with zero attached hydrogens (tertiary/aromatic N) is 2. The third-order valence-corrected chi connectivity index (χ3v) is 6.42. The van der Waals surface area contributed by atoms with E-state index in [4.69, 9.17) is 4.74 Å². The van der Waals surface area contributed by atoms with Crippen LogP contribution in [-0.2, 0) is 17.5 Å². The van der Waals surface area contributed by atoms with E-state index in [1.165, 1.54) is 17.8 Å². The van der Waals surface area contributed by atoms with E-state index in [9.17, 15) is 18.0 Å². The first-order valence-corrected chi connectivity index (χ1v) is 11.7. The summed E-state index contributed by atoms with van der Waals surface area (Å²) in [7, 11) is 0. The number of hydrogen-bond donors (Lipinski definition) is 1. The molecule has 1 amide bonds. The lowest BCUT2D eigenvalue weighted by atomic mass is 10.1. The van der Waals surface area contributed by atoms with E-state index in [2.05, 4.69) is 22.4 Å². The smallest absolute Gasteiger partial charge is 0.433 e. The van der Waals surface area contributed by atoms with Crippen molar-refractivity contribution in [1.82, 2.24) is 15.2 Å². The van der Waals surface area contributed by atoms with Gasteiger partial charge < -0.3 is 15.0 Å². The molecule has 2 aliphatic carbocycles. The predicted molar refractivity (Wildman–Crippen MR) is 123 cm³/mol. The minimum Gasteiger partial charge on any atom is -0.444 e. The normalized spacial score (nSPS) is 21.1. The Morgan fingerprint density at radius 3 is 2.41 bits per heavy atom. The van der Waals surface area contributed by atoms with Crippen LogP contribution in [0.2, 0.25) is 0 Å². The van der Waals surface area contributed by atoms with Gasteiger partial charge >= 0.3 is 12.3 Å². The van der Waals surface area contributed by atoms with Crippen molar-refractivity contribution >= 4 is 6.09 Å². The number of nitrogens with one attached hydrogen (secondary N) is 1. The zero-order chi connectivity index (χ0) is 24.6. The molecule has 5 nitrogen and oxygen atoms in total. The van der Waals surface area contributed by atoms with Crippen molar-refractivity contribution < 1.29 is 22.7 Å². The quantitative estimate of drug-likeness (QED) is 0.527. The van der Waals surface area contributed by atoms with Crippen molar-refractivity contribution in [2.24, 2.45) is 5.41 Å². The van der Waals surface area contributed by atoms with Crippen LogP contribution in [0.3, 0.4) is 0 Å². The molecule has 2 aromatic rings. The number of carbonyl (C=O) groups is 1. The van der Waals surface area contributed by atoms with Crippen molar-refractivity contribution in [2.45, 2.75) is 70.3 Å². The fourth-order valence-corrected chi connectivity index (χ4v) is 4.32. The van der Waals surface area contributed by atoms with Gasteiger partial charge in [-0.25, -0.2) is 4.79 Å². The second-order valence-electron chi connectivity index (χ2n) is 10.6. The van der Waals surface area contributed by atoms with Crippen molar-refractivity contribution in [1.29, 1.82) is 0 Å². The molecule has 1 aromatic heterocycles. The summed E-state index contributed by atoms with van der Waals surface area (Å²) < 4.78 is 43.9. The summed E-state index contributed by atoms with van der Waals surface area (Å²) in [6.45, 7) is 7.32. The highest BCUT2D eigenvalue weighted by Gasteiger charge is 2.52. The summed E-state index contributed by atoms with van der Waals surface area (Å²) in [4.78, 5) is 18.5. The summed E-state index contributed by atoms with van der Waals surface area (Å²) in [5.41, 5.74) is 0.426. The number of amides is 1. The fourth-order valence-electron chi connectivity index (χ4n) is 4.32. The number of alkyl halides is 3. The highest BCUT2D eigenvalue weighted by Crippen LogP contribution is 2.51. The molecule has 0 spiro atoms. The molecule has 0 radical (unpaired) electrons. The maximum absolute atomic E-state index is 13.1. The molecule has 2 fully saturated rings. The van der Waals surface area contributed by atoms with Gasteiger partial charge in [0.1, 0.15) is 11.3 Å². The molecule has 1 N–H and O–H groups in total. The SMILES string of the molecule is CC(C)(C)OC(=O)N(CC1(CNCc2ccc(C(F)(F)F)nc2)CC1)[C@H]1CC1c1ccccc1. The molecular weight excluding hydrogens is 443 g/mol. The molecule has 2 atom stereocenters. The number of carbonyl (C=O) groups excluding carboxylic acids is 1. The summed E-state index contributed by atoms with van der Waals surface area (Å²) in [5.74, 6) is 0.315.